The van der Waals surface area contributed by atoms with Crippen LogP contribution in [0.15, 0.2) is 103 Å². The van der Waals surface area contributed by atoms with Crippen molar-refractivity contribution in [3.8, 4) is 5.75 Å². The average Bonchev–Trinajstić information content (AvgIpc) is 3.49. The normalized spacial score (nSPS) is 23.5. The Kier molecular flexibility index (Phi) is 5.64. The van der Waals surface area contributed by atoms with Gasteiger partial charge in [0.25, 0.3) is 0 Å². The first kappa shape index (κ1) is 25.0. The van der Waals surface area contributed by atoms with Crippen molar-refractivity contribution in [1.29, 1.82) is 0 Å². The van der Waals surface area contributed by atoms with Gasteiger partial charge in [0.05, 0.1) is 24.6 Å². The van der Waals surface area contributed by atoms with Gasteiger partial charge in [-0.3, -0.25) is 14.4 Å². The number of fused-ring (bicyclic) bond motifs is 6. The lowest BCUT2D eigenvalue weighted by atomic mass is 9.64. The molecule has 0 aliphatic carbocycles. The summed E-state index contributed by atoms with van der Waals surface area (Å²) in [5, 5.41) is 2.98. The molecule has 0 unspecified atom stereocenters. The smallest absolute Gasteiger partial charge is 0.238 e. The SMILES string of the molecule is COc1cccc(C(=O)[C@@H]2[C@@H](C(=O)c3ccccc3F)[C@]3(C(=O)Nc4ccccc43)[C@H]3C=Cc4ccccc4N23)c1. The Morgan fingerprint density at radius 3 is 2.49 bits per heavy atom. The third kappa shape index (κ3) is 3.45. The fourth-order valence-corrected chi connectivity index (χ4v) is 6.90. The van der Waals surface area contributed by atoms with Crippen LogP contribution in [-0.4, -0.2) is 36.7 Å². The molecule has 0 radical (unpaired) electrons. The lowest BCUT2D eigenvalue weighted by Gasteiger charge is -2.37. The van der Waals surface area contributed by atoms with Gasteiger partial charge in [-0.1, -0.05) is 72.8 Å². The number of carbonyl (C=O) groups is 3. The molecule has 0 aromatic heterocycles. The first-order valence-corrected chi connectivity index (χ1v) is 13.4. The van der Waals surface area contributed by atoms with Crippen LogP contribution in [0.4, 0.5) is 15.8 Å². The Balaban J connectivity index is 1.54. The molecule has 1 N–H and O–H groups in total. The van der Waals surface area contributed by atoms with Crippen LogP contribution in [0.3, 0.4) is 0 Å². The minimum Gasteiger partial charge on any atom is -0.497 e. The van der Waals surface area contributed by atoms with E-state index in [4.69, 9.17) is 4.74 Å². The molecule has 1 fully saturated rings. The summed E-state index contributed by atoms with van der Waals surface area (Å²) in [7, 11) is 1.51. The van der Waals surface area contributed by atoms with Gasteiger partial charge in [0, 0.05) is 16.9 Å². The van der Waals surface area contributed by atoms with Crippen molar-refractivity contribution in [2.75, 3.05) is 17.3 Å². The zero-order valence-corrected chi connectivity index (χ0v) is 22.1. The number of methoxy groups -OCH3 is 1. The maximum absolute atomic E-state index is 15.3. The van der Waals surface area contributed by atoms with E-state index in [2.05, 4.69) is 5.32 Å². The first-order valence-electron chi connectivity index (χ1n) is 13.4. The molecule has 7 rings (SSSR count). The Labute approximate surface area is 236 Å². The number of anilines is 2. The summed E-state index contributed by atoms with van der Waals surface area (Å²) in [6.07, 6.45) is 3.82. The number of nitrogens with one attached hydrogen (secondary N) is 1. The number of hydrogen-bond donors (Lipinski definition) is 1. The molecule has 7 heteroatoms. The van der Waals surface area contributed by atoms with Gasteiger partial charge in [-0.15, -0.1) is 0 Å². The fraction of sp³-hybridized carbons (Fsp3) is 0.147. The van der Waals surface area contributed by atoms with Crippen molar-refractivity contribution < 1.29 is 23.5 Å². The number of hydrogen-bond acceptors (Lipinski definition) is 5. The van der Waals surface area contributed by atoms with E-state index in [0.717, 1.165) is 11.3 Å². The van der Waals surface area contributed by atoms with Gasteiger partial charge in [0.1, 0.15) is 23.0 Å². The van der Waals surface area contributed by atoms with Crippen LogP contribution in [0, 0.1) is 11.7 Å². The van der Waals surface area contributed by atoms with Crippen LogP contribution >= 0.6 is 0 Å². The standard InChI is InChI=1S/C34H25FN2O4/c1-41-22-11-8-10-21(19-22)31(38)30-29(32(39)23-12-3-5-14-25(23)35)34(24-13-4-6-15-26(24)36-33(34)40)28-18-17-20-9-2-7-16-27(20)37(28)30/h2-19,28-30H,1H3,(H,36,40)/t28-,29+,30+,34-/m1/s1. The third-order valence-electron chi connectivity index (χ3n) is 8.59. The van der Waals surface area contributed by atoms with Gasteiger partial charge in [0.15, 0.2) is 11.6 Å². The summed E-state index contributed by atoms with van der Waals surface area (Å²) in [6.45, 7) is 0. The van der Waals surface area contributed by atoms with E-state index >= 15 is 4.39 Å². The molecule has 4 aromatic rings. The Hall–Kier alpha value is -5.04. The van der Waals surface area contributed by atoms with Gasteiger partial charge < -0.3 is 15.0 Å². The quantitative estimate of drug-likeness (QED) is 0.327. The molecule has 6 nitrogen and oxygen atoms in total. The second-order valence-electron chi connectivity index (χ2n) is 10.5. The number of rotatable bonds is 5. The largest absolute Gasteiger partial charge is 0.497 e. The topological polar surface area (TPSA) is 75.7 Å². The molecule has 1 amide bonds. The molecule has 0 bridgehead atoms. The third-order valence-corrected chi connectivity index (χ3v) is 8.59. The Morgan fingerprint density at radius 2 is 1.66 bits per heavy atom. The molecular formula is C34H25FN2O4. The fourth-order valence-electron chi connectivity index (χ4n) is 6.90. The van der Waals surface area contributed by atoms with Crippen LogP contribution in [-0.2, 0) is 10.2 Å². The van der Waals surface area contributed by atoms with E-state index in [1.807, 2.05) is 59.5 Å². The van der Waals surface area contributed by atoms with Gasteiger partial charge in [-0.2, -0.15) is 0 Å². The molecule has 4 atom stereocenters. The van der Waals surface area contributed by atoms with Crippen LogP contribution < -0.4 is 15.0 Å². The number of nitrogens with zero attached hydrogens (tertiary/aromatic N) is 1. The summed E-state index contributed by atoms with van der Waals surface area (Å²) < 4.78 is 20.7. The molecule has 3 heterocycles. The highest BCUT2D eigenvalue weighted by Crippen LogP contribution is 2.58. The predicted molar refractivity (Wildman–Crippen MR) is 154 cm³/mol. The average molecular weight is 545 g/mol. The number of para-hydroxylation sites is 2. The maximum atomic E-state index is 15.3. The summed E-state index contributed by atoms with van der Waals surface area (Å²) in [6, 6.07) is 25.5. The summed E-state index contributed by atoms with van der Waals surface area (Å²) in [4.78, 5) is 45.5. The highest BCUT2D eigenvalue weighted by atomic mass is 19.1. The van der Waals surface area contributed by atoms with Crippen LogP contribution in [0.2, 0.25) is 0 Å². The lowest BCUT2D eigenvalue weighted by molar-refractivity contribution is -0.121. The van der Waals surface area contributed by atoms with Crippen molar-refractivity contribution >= 4 is 34.9 Å². The van der Waals surface area contributed by atoms with E-state index < -0.39 is 40.9 Å². The zero-order chi connectivity index (χ0) is 28.3. The second-order valence-corrected chi connectivity index (χ2v) is 10.5. The summed E-state index contributed by atoms with van der Waals surface area (Å²) in [5.41, 5.74) is 1.43. The number of carbonyl (C=O) groups excluding carboxylic acids is 3. The zero-order valence-electron chi connectivity index (χ0n) is 22.1. The van der Waals surface area contributed by atoms with Crippen molar-refractivity contribution in [2.45, 2.75) is 17.5 Å². The van der Waals surface area contributed by atoms with Crippen molar-refractivity contribution in [3.05, 3.63) is 131 Å². The Bertz CT molecular complexity index is 1780. The first-order chi connectivity index (χ1) is 20.0. The van der Waals surface area contributed by atoms with E-state index in [-0.39, 0.29) is 11.3 Å². The monoisotopic (exact) mass is 544 g/mol. The van der Waals surface area contributed by atoms with Crippen LogP contribution in [0.1, 0.15) is 31.8 Å². The van der Waals surface area contributed by atoms with E-state index in [1.54, 1.807) is 36.4 Å². The predicted octanol–water partition coefficient (Wildman–Crippen LogP) is 5.69. The number of halogens is 1. The van der Waals surface area contributed by atoms with Crippen molar-refractivity contribution in [1.82, 2.24) is 0 Å². The van der Waals surface area contributed by atoms with E-state index in [9.17, 15) is 14.4 Å². The van der Waals surface area contributed by atoms with Gasteiger partial charge >= 0.3 is 0 Å². The van der Waals surface area contributed by atoms with E-state index in [0.29, 0.717) is 22.6 Å². The maximum Gasteiger partial charge on any atom is 0.238 e. The van der Waals surface area contributed by atoms with Crippen molar-refractivity contribution in [3.63, 3.8) is 0 Å². The lowest BCUT2D eigenvalue weighted by Crippen LogP contribution is -2.51. The second kappa shape index (κ2) is 9.27. The molecule has 41 heavy (non-hydrogen) atoms. The number of amides is 1. The molecule has 1 saturated heterocycles. The molecular weight excluding hydrogens is 519 g/mol. The number of benzene rings is 4. The molecule has 202 valence electrons. The minimum atomic E-state index is -1.50. The Morgan fingerprint density at radius 1 is 0.902 bits per heavy atom. The number of ketones is 2. The number of Topliss-reactive ketones (excluding diaryl/α,β-unsaturated/α-hetero) is 2. The number of ether oxygens (including phenoxy) is 1. The molecule has 4 aromatic carbocycles. The van der Waals surface area contributed by atoms with Crippen LogP contribution in [0.5, 0.6) is 5.75 Å². The summed E-state index contributed by atoms with van der Waals surface area (Å²) in [5.74, 6) is -2.82. The molecule has 3 aliphatic rings. The highest BCUT2D eigenvalue weighted by molar-refractivity contribution is 6.18. The van der Waals surface area contributed by atoms with E-state index in [1.165, 1.54) is 25.3 Å². The minimum absolute atomic E-state index is 0.158. The highest BCUT2D eigenvalue weighted by Gasteiger charge is 2.70. The van der Waals surface area contributed by atoms with Crippen LogP contribution in [0.25, 0.3) is 6.08 Å². The van der Waals surface area contributed by atoms with Gasteiger partial charge in [-0.05, 0) is 47.5 Å². The van der Waals surface area contributed by atoms with Crippen molar-refractivity contribution in [2.24, 2.45) is 5.92 Å². The molecule has 0 saturated carbocycles. The van der Waals surface area contributed by atoms with Gasteiger partial charge in [0.2, 0.25) is 5.91 Å². The van der Waals surface area contributed by atoms with Gasteiger partial charge in [-0.25, -0.2) is 4.39 Å². The molecule has 1 spiro atoms. The molecule has 3 aliphatic heterocycles. The summed E-state index contributed by atoms with van der Waals surface area (Å²) >= 11 is 0.